The van der Waals surface area contributed by atoms with Gasteiger partial charge in [-0.3, -0.25) is 0 Å². The fourth-order valence-corrected chi connectivity index (χ4v) is 1.14. The molecule has 0 radical (unpaired) electrons. The van der Waals surface area contributed by atoms with E-state index in [0.29, 0.717) is 6.42 Å². The second kappa shape index (κ2) is 4.38. The molecule has 1 aromatic rings. The number of hydrogen-bond donors (Lipinski definition) is 1. The van der Waals surface area contributed by atoms with E-state index >= 15 is 0 Å². The molecular weight excluding hydrogens is 265 g/mol. The van der Waals surface area contributed by atoms with Gasteiger partial charge in [-0.2, -0.15) is 5.26 Å². The van der Waals surface area contributed by atoms with E-state index in [1.165, 1.54) is 0 Å². The lowest BCUT2D eigenvalue weighted by molar-refractivity contribution is 0.743. The predicted octanol–water partition coefficient (Wildman–Crippen LogP) is 1.60. The fraction of sp³-hybridized carbons (Fsp3) is 0.250. The van der Waals surface area contributed by atoms with Crippen molar-refractivity contribution in [3.8, 4) is 6.07 Å². The standard InChI is InChI=1S/C8H8IN3/c9-8-2-1-6(5-12-8)7(11)3-4-10/h1-2,5,7H,3,11H2/t7-/m1/s1. The first-order valence-electron chi connectivity index (χ1n) is 3.48. The molecule has 1 atom stereocenters. The number of hydrogen-bond acceptors (Lipinski definition) is 3. The van der Waals surface area contributed by atoms with E-state index in [4.69, 9.17) is 11.0 Å². The van der Waals surface area contributed by atoms with Crippen LogP contribution in [-0.4, -0.2) is 4.98 Å². The van der Waals surface area contributed by atoms with Crippen LogP contribution in [0.3, 0.4) is 0 Å². The molecule has 4 heteroatoms. The van der Waals surface area contributed by atoms with E-state index < -0.39 is 0 Å². The van der Waals surface area contributed by atoms with Crippen molar-refractivity contribution in [2.45, 2.75) is 12.5 Å². The van der Waals surface area contributed by atoms with Gasteiger partial charge in [0.25, 0.3) is 0 Å². The summed E-state index contributed by atoms with van der Waals surface area (Å²) in [5.74, 6) is 0. The topological polar surface area (TPSA) is 62.7 Å². The van der Waals surface area contributed by atoms with E-state index in [2.05, 4.69) is 27.6 Å². The number of nitriles is 1. The Morgan fingerprint density at radius 1 is 1.67 bits per heavy atom. The molecule has 0 aliphatic heterocycles. The zero-order valence-corrected chi connectivity index (χ0v) is 8.52. The number of aromatic nitrogens is 1. The van der Waals surface area contributed by atoms with E-state index in [-0.39, 0.29) is 6.04 Å². The van der Waals surface area contributed by atoms with Crippen LogP contribution in [0.15, 0.2) is 18.3 Å². The van der Waals surface area contributed by atoms with Crippen molar-refractivity contribution in [1.29, 1.82) is 5.26 Å². The molecule has 0 bridgehead atoms. The molecule has 62 valence electrons. The maximum absolute atomic E-state index is 8.40. The quantitative estimate of drug-likeness (QED) is 0.657. The highest BCUT2D eigenvalue weighted by Gasteiger charge is 2.04. The highest BCUT2D eigenvalue weighted by atomic mass is 127. The minimum atomic E-state index is -0.209. The van der Waals surface area contributed by atoms with Crippen molar-refractivity contribution in [3.63, 3.8) is 0 Å². The maximum Gasteiger partial charge on any atom is 0.101 e. The lowest BCUT2D eigenvalue weighted by atomic mass is 10.1. The van der Waals surface area contributed by atoms with Crippen LogP contribution in [0.5, 0.6) is 0 Å². The van der Waals surface area contributed by atoms with Gasteiger partial charge in [0.1, 0.15) is 3.70 Å². The third-order valence-corrected chi connectivity index (χ3v) is 2.13. The van der Waals surface area contributed by atoms with Gasteiger partial charge in [-0.1, -0.05) is 6.07 Å². The molecule has 3 nitrogen and oxygen atoms in total. The van der Waals surface area contributed by atoms with Crippen LogP contribution < -0.4 is 5.73 Å². The summed E-state index contributed by atoms with van der Waals surface area (Å²) in [5, 5.41) is 8.40. The summed E-state index contributed by atoms with van der Waals surface area (Å²) in [6.07, 6.45) is 2.05. The third kappa shape index (κ3) is 2.43. The first-order valence-corrected chi connectivity index (χ1v) is 4.56. The molecule has 0 unspecified atom stereocenters. The van der Waals surface area contributed by atoms with Gasteiger partial charge in [0.15, 0.2) is 0 Å². The number of nitrogens with zero attached hydrogens (tertiary/aromatic N) is 2. The number of pyridine rings is 1. The third-order valence-electron chi connectivity index (χ3n) is 1.49. The summed E-state index contributed by atoms with van der Waals surface area (Å²) in [6.45, 7) is 0. The van der Waals surface area contributed by atoms with Gasteiger partial charge >= 0.3 is 0 Å². The summed E-state index contributed by atoms with van der Waals surface area (Å²) in [4.78, 5) is 4.08. The molecule has 1 heterocycles. The zero-order chi connectivity index (χ0) is 8.97. The summed E-state index contributed by atoms with van der Waals surface area (Å²) in [6, 6.07) is 5.60. The van der Waals surface area contributed by atoms with E-state index in [0.717, 1.165) is 9.26 Å². The Labute approximate surface area is 84.7 Å². The van der Waals surface area contributed by atoms with Crippen LogP contribution in [0.25, 0.3) is 0 Å². The van der Waals surface area contributed by atoms with E-state index in [1.807, 2.05) is 18.2 Å². The highest BCUT2D eigenvalue weighted by molar-refractivity contribution is 14.1. The average molecular weight is 273 g/mol. The van der Waals surface area contributed by atoms with Crippen molar-refractivity contribution in [2.24, 2.45) is 5.73 Å². The van der Waals surface area contributed by atoms with Gasteiger partial charge in [-0.15, -0.1) is 0 Å². The number of nitrogens with two attached hydrogens (primary N) is 1. The predicted molar refractivity (Wildman–Crippen MR) is 54.1 cm³/mol. The zero-order valence-electron chi connectivity index (χ0n) is 6.37. The van der Waals surface area contributed by atoms with Crippen LogP contribution in [0.1, 0.15) is 18.0 Å². The largest absolute Gasteiger partial charge is 0.323 e. The summed E-state index contributed by atoms with van der Waals surface area (Å²) in [7, 11) is 0. The van der Waals surface area contributed by atoms with Crippen LogP contribution in [0.2, 0.25) is 0 Å². The van der Waals surface area contributed by atoms with Crippen LogP contribution in [0, 0.1) is 15.0 Å². The Morgan fingerprint density at radius 2 is 2.42 bits per heavy atom. The molecule has 1 rings (SSSR count). The molecule has 0 saturated heterocycles. The second-order valence-corrected chi connectivity index (χ2v) is 3.49. The molecule has 0 aromatic carbocycles. The average Bonchev–Trinajstić information content (AvgIpc) is 2.06. The first-order chi connectivity index (χ1) is 5.74. The lowest BCUT2D eigenvalue weighted by Crippen LogP contribution is -2.09. The van der Waals surface area contributed by atoms with E-state index in [9.17, 15) is 0 Å². The Morgan fingerprint density at radius 3 is 2.92 bits per heavy atom. The van der Waals surface area contributed by atoms with Gasteiger partial charge in [-0.25, -0.2) is 4.98 Å². The van der Waals surface area contributed by atoms with Crippen molar-refractivity contribution in [1.82, 2.24) is 4.98 Å². The molecule has 0 aliphatic rings. The smallest absolute Gasteiger partial charge is 0.101 e. The van der Waals surface area contributed by atoms with E-state index in [1.54, 1.807) is 6.20 Å². The summed E-state index contributed by atoms with van der Waals surface area (Å²) < 4.78 is 0.931. The molecule has 2 N–H and O–H groups in total. The second-order valence-electron chi connectivity index (χ2n) is 2.38. The monoisotopic (exact) mass is 273 g/mol. The fourth-order valence-electron chi connectivity index (χ4n) is 0.823. The summed E-state index contributed by atoms with van der Waals surface area (Å²) in [5.41, 5.74) is 6.60. The Hall–Kier alpha value is -0.670. The number of halogens is 1. The maximum atomic E-state index is 8.40. The van der Waals surface area contributed by atoms with Gasteiger partial charge in [0, 0.05) is 12.2 Å². The lowest BCUT2D eigenvalue weighted by Gasteiger charge is -2.05. The van der Waals surface area contributed by atoms with Gasteiger partial charge in [0.2, 0.25) is 0 Å². The normalized spacial score (nSPS) is 12.1. The number of rotatable bonds is 2. The van der Waals surface area contributed by atoms with Crippen molar-refractivity contribution >= 4 is 22.6 Å². The molecule has 0 amide bonds. The molecule has 0 saturated carbocycles. The molecule has 0 fully saturated rings. The Bertz CT molecular complexity index is 288. The van der Waals surface area contributed by atoms with Crippen LogP contribution in [0.4, 0.5) is 0 Å². The molecule has 0 aliphatic carbocycles. The van der Waals surface area contributed by atoms with Crippen molar-refractivity contribution in [3.05, 3.63) is 27.6 Å². The Kier molecular flexibility index (Phi) is 3.44. The molecule has 12 heavy (non-hydrogen) atoms. The van der Waals surface area contributed by atoms with Crippen LogP contribution >= 0.6 is 22.6 Å². The van der Waals surface area contributed by atoms with Gasteiger partial charge < -0.3 is 5.73 Å². The van der Waals surface area contributed by atoms with Gasteiger partial charge in [-0.05, 0) is 34.2 Å². The minimum absolute atomic E-state index is 0.209. The van der Waals surface area contributed by atoms with Gasteiger partial charge in [0.05, 0.1) is 12.5 Å². The van der Waals surface area contributed by atoms with Crippen molar-refractivity contribution in [2.75, 3.05) is 0 Å². The first kappa shape index (κ1) is 9.42. The van der Waals surface area contributed by atoms with Crippen molar-refractivity contribution < 1.29 is 0 Å². The minimum Gasteiger partial charge on any atom is -0.323 e. The molecule has 1 aromatic heterocycles. The Balaban J connectivity index is 2.76. The highest BCUT2D eigenvalue weighted by Crippen LogP contribution is 2.12. The SMILES string of the molecule is N#CC[C@@H](N)c1ccc(I)nc1. The van der Waals surface area contributed by atoms with Crippen LogP contribution in [-0.2, 0) is 0 Å². The molecule has 0 spiro atoms. The summed E-state index contributed by atoms with van der Waals surface area (Å²) >= 11 is 2.12. The molecular formula is C8H8IN3.